The maximum Gasteiger partial charge on any atom is 0.416 e. The summed E-state index contributed by atoms with van der Waals surface area (Å²) in [7, 11) is 0. The summed E-state index contributed by atoms with van der Waals surface area (Å²) in [6.07, 6.45) is -3.75. The first kappa shape index (κ1) is 18.9. The summed E-state index contributed by atoms with van der Waals surface area (Å²) in [6, 6.07) is 11.9. The van der Waals surface area contributed by atoms with Crippen LogP contribution in [0.3, 0.4) is 0 Å². The van der Waals surface area contributed by atoms with Crippen molar-refractivity contribution in [1.29, 1.82) is 0 Å². The van der Waals surface area contributed by atoms with Gasteiger partial charge in [-0.15, -0.1) is 0 Å². The van der Waals surface area contributed by atoms with Crippen molar-refractivity contribution in [2.24, 2.45) is 5.41 Å². The second-order valence-corrected chi connectivity index (χ2v) is 6.72. The topological polar surface area (TPSA) is 58.2 Å². The molecule has 0 atom stereocenters. The van der Waals surface area contributed by atoms with Gasteiger partial charge in [0.2, 0.25) is 11.8 Å². The van der Waals surface area contributed by atoms with Gasteiger partial charge in [0.15, 0.2) is 0 Å². The maximum atomic E-state index is 12.8. The second kappa shape index (κ2) is 7.06. The number of rotatable bonds is 5. The van der Waals surface area contributed by atoms with Gasteiger partial charge in [-0.2, -0.15) is 13.2 Å². The Balaban J connectivity index is 1.66. The highest BCUT2D eigenvalue weighted by Gasteiger charge is 2.56. The monoisotopic (exact) mass is 376 g/mol. The minimum atomic E-state index is -4.50. The fourth-order valence-corrected chi connectivity index (χ4v) is 2.86. The number of nitrogens with one attached hydrogen (secondary N) is 2. The molecule has 1 fully saturated rings. The summed E-state index contributed by atoms with van der Waals surface area (Å²) in [6.45, 7) is 2.22. The standard InChI is InChI=1S/C20H19F3N2O2/c1-13-5-2-3-6-14(13)12-24-17(26)19(9-10-19)18(27)25-16-8-4-7-15(11-16)20(21,22)23/h2-8,11H,9-10,12H2,1H3,(H,24,26)(H,25,27). The van der Waals surface area contributed by atoms with E-state index in [2.05, 4.69) is 10.6 Å². The van der Waals surface area contributed by atoms with E-state index in [1.165, 1.54) is 12.1 Å². The van der Waals surface area contributed by atoms with Gasteiger partial charge in [-0.1, -0.05) is 30.3 Å². The van der Waals surface area contributed by atoms with Crippen LogP contribution in [0.5, 0.6) is 0 Å². The smallest absolute Gasteiger partial charge is 0.351 e. The predicted octanol–water partition coefficient (Wildman–Crippen LogP) is 4.05. The Morgan fingerprint density at radius 1 is 1.04 bits per heavy atom. The molecular weight excluding hydrogens is 357 g/mol. The fraction of sp³-hybridized carbons (Fsp3) is 0.300. The number of anilines is 1. The van der Waals surface area contributed by atoms with Crippen LogP contribution in [0.15, 0.2) is 48.5 Å². The van der Waals surface area contributed by atoms with Crippen LogP contribution >= 0.6 is 0 Å². The zero-order valence-electron chi connectivity index (χ0n) is 14.7. The van der Waals surface area contributed by atoms with Crippen LogP contribution in [-0.2, 0) is 22.3 Å². The molecule has 27 heavy (non-hydrogen) atoms. The summed E-state index contributed by atoms with van der Waals surface area (Å²) >= 11 is 0. The molecule has 0 bridgehead atoms. The number of halogens is 3. The number of aryl methyl sites for hydroxylation is 1. The maximum absolute atomic E-state index is 12.8. The highest BCUT2D eigenvalue weighted by atomic mass is 19.4. The molecule has 1 aliphatic carbocycles. The van der Waals surface area contributed by atoms with Crippen molar-refractivity contribution in [3.8, 4) is 0 Å². The molecule has 1 aliphatic rings. The number of alkyl halides is 3. The van der Waals surface area contributed by atoms with Gasteiger partial charge in [0, 0.05) is 12.2 Å². The molecule has 0 saturated heterocycles. The molecule has 3 rings (SSSR count). The minimum absolute atomic E-state index is 0.0211. The van der Waals surface area contributed by atoms with E-state index in [0.29, 0.717) is 19.4 Å². The molecule has 0 radical (unpaired) electrons. The highest BCUT2D eigenvalue weighted by molar-refractivity contribution is 6.13. The Hall–Kier alpha value is -2.83. The van der Waals surface area contributed by atoms with Gasteiger partial charge >= 0.3 is 6.18 Å². The van der Waals surface area contributed by atoms with Crippen LogP contribution < -0.4 is 10.6 Å². The first-order valence-electron chi connectivity index (χ1n) is 8.54. The Bertz CT molecular complexity index is 874. The summed E-state index contributed by atoms with van der Waals surface area (Å²) < 4.78 is 38.4. The van der Waals surface area contributed by atoms with E-state index >= 15 is 0 Å². The molecule has 142 valence electrons. The van der Waals surface area contributed by atoms with Gasteiger partial charge in [0.25, 0.3) is 0 Å². The van der Waals surface area contributed by atoms with Gasteiger partial charge in [-0.3, -0.25) is 9.59 Å². The zero-order chi connectivity index (χ0) is 19.7. The lowest BCUT2D eigenvalue weighted by Crippen LogP contribution is -2.39. The van der Waals surface area contributed by atoms with Gasteiger partial charge in [-0.25, -0.2) is 0 Å². The van der Waals surface area contributed by atoms with E-state index in [-0.39, 0.29) is 5.69 Å². The van der Waals surface area contributed by atoms with E-state index in [0.717, 1.165) is 23.3 Å². The van der Waals surface area contributed by atoms with Crippen LogP contribution in [0, 0.1) is 12.3 Å². The van der Waals surface area contributed by atoms with Crippen LogP contribution in [0.25, 0.3) is 0 Å². The SMILES string of the molecule is Cc1ccccc1CNC(=O)C1(C(=O)Nc2cccc(C(F)(F)F)c2)CC1. The summed E-state index contributed by atoms with van der Waals surface area (Å²) in [5, 5.41) is 5.21. The third kappa shape index (κ3) is 4.13. The fourth-order valence-electron chi connectivity index (χ4n) is 2.86. The van der Waals surface area contributed by atoms with Crippen molar-refractivity contribution in [2.75, 3.05) is 5.32 Å². The molecule has 0 aromatic heterocycles. The van der Waals surface area contributed by atoms with Crippen molar-refractivity contribution in [1.82, 2.24) is 5.32 Å². The number of carbonyl (C=O) groups excluding carboxylic acids is 2. The van der Waals surface area contributed by atoms with Gasteiger partial charge in [0.05, 0.1) is 5.56 Å². The number of hydrogen-bond donors (Lipinski definition) is 2. The lowest BCUT2D eigenvalue weighted by Gasteiger charge is -2.17. The first-order chi connectivity index (χ1) is 12.7. The lowest BCUT2D eigenvalue weighted by molar-refractivity contribution is -0.138. The van der Waals surface area contributed by atoms with E-state index in [1.807, 2.05) is 31.2 Å². The van der Waals surface area contributed by atoms with Gasteiger partial charge in [0.1, 0.15) is 5.41 Å². The van der Waals surface area contributed by atoms with Crippen molar-refractivity contribution >= 4 is 17.5 Å². The summed E-state index contributed by atoms with van der Waals surface area (Å²) in [4.78, 5) is 25.0. The molecule has 2 amide bonds. The zero-order valence-corrected chi connectivity index (χ0v) is 14.7. The molecular formula is C20H19F3N2O2. The van der Waals surface area contributed by atoms with E-state index in [9.17, 15) is 22.8 Å². The van der Waals surface area contributed by atoms with Crippen molar-refractivity contribution < 1.29 is 22.8 Å². The van der Waals surface area contributed by atoms with Gasteiger partial charge < -0.3 is 10.6 Å². The molecule has 1 saturated carbocycles. The molecule has 7 heteroatoms. The van der Waals surface area contributed by atoms with E-state index in [1.54, 1.807) is 0 Å². The molecule has 0 unspecified atom stereocenters. The van der Waals surface area contributed by atoms with Crippen LogP contribution in [0.1, 0.15) is 29.5 Å². The summed E-state index contributed by atoms with van der Waals surface area (Å²) in [5.41, 5.74) is -0.0744. The van der Waals surface area contributed by atoms with E-state index in [4.69, 9.17) is 0 Å². The molecule has 0 heterocycles. The van der Waals surface area contributed by atoms with E-state index < -0.39 is 29.0 Å². The predicted molar refractivity (Wildman–Crippen MR) is 94.8 cm³/mol. The first-order valence-corrected chi connectivity index (χ1v) is 8.54. The number of hydrogen-bond acceptors (Lipinski definition) is 2. The second-order valence-electron chi connectivity index (χ2n) is 6.72. The van der Waals surface area contributed by atoms with Crippen LogP contribution in [0.4, 0.5) is 18.9 Å². The average Bonchev–Trinajstić information content (AvgIpc) is 3.42. The molecule has 2 aromatic carbocycles. The molecule has 2 aromatic rings. The lowest BCUT2D eigenvalue weighted by atomic mass is 10.0. The van der Waals surface area contributed by atoms with Crippen LogP contribution in [-0.4, -0.2) is 11.8 Å². The van der Waals surface area contributed by atoms with Crippen molar-refractivity contribution in [3.63, 3.8) is 0 Å². The number of benzene rings is 2. The Kier molecular flexibility index (Phi) is 4.95. The Morgan fingerprint density at radius 3 is 2.37 bits per heavy atom. The molecule has 4 nitrogen and oxygen atoms in total. The quantitative estimate of drug-likeness (QED) is 0.774. The molecule has 0 aliphatic heterocycles. The third-order valence-electron chi connectivity index (χ3n) is 4.77. The van der Waals surface area contributed by atoms with Crippen molar-refractivity contribution in [3.05, 3.63) is 65.2 Å². The third-order valence-corrected chi connectivity index (χ3v) is 4.77. The summed E-state index contributed by atoms with van der Waals surface area (Å²) in [5.74, 6) is -0.987. The minimum Gasteiger partial charge on any atom is -0.351 e. The number of carbonyl (C=O) groups is 2. The average molecular weight is 376 g/mol. The van der Waals surface area contributed by atoms with Crippen molar-refractivity contribution in [2.45, 2.75) is 32.5 Å². The number of amides is 2. The molecule has 0 spiro atoms. The Labute approximate surface area is 154 Å². The normalized spacial score (nSPS) is 15.1. The largest absolute Gasteiger partial charge is 0.416 e. The molecule has 2 N–H and O–H groups in total. The Morgan fingerprint density at radius 2 is 1.74 bits per heavy atom. The van der Waals surface area contributed by atoms with Crippen LogP contribution in [0.2, 0.25) is 0 Å². The van der Waals surface area contributed by atoms with Gasteiger partial charge in [-0.05, 0) is 49.1 Å². The highest BCUT2D eigenvalue weighted by Crippen LogP contribution is 2.47.